The number of hydrogen-bond donors (Lipinski definition) is 0. The van der Waals surface area contributed by atoms with Crippen LogP contribution < -0.4 is 4.90 Å². The Hall–Kier alpha value is -5.40. The van der Waals surface area contributed by atoms with Gasteiger partial charge in [-0.05, 0) is 123 Å². The van der Waals surface area contributed by atoms with Crippen molar-refractivity contribution < 1.29 is 0 Å². The molecule has 0 heterocycles. The molecule has 5 aliphatic carbocycles. The van der Waals surface area contributed by atoms with Crippen molar-refractivity contribution in [3.05, 3.63) is 178 Å². The minimum atomic E-state index is -0.0966. The predicted octanol–water partition coefficient (Wildman–Crippen LogP) is 14.8. The molecule has 11 rings (SSSR count). The fourth-order valence-electron chi connectivity index (χ4n) is 11.7. The molecule has 0 aromatic heterocycles. The average molecular weight is 712 g/mol. The minimum Gasteiger partial charge on any atom is -0.310 e. The Morgan fingerprint density at radius 2 is 1.07 bits per heavy atom. The SMILES string of the molecule is CC1(C)C2=C(C=CCC2)c2ccc(N(c3ccc4c(c3)C(C)(C)c3ccccc3-4)c3ccccc3-c3cccc4c3-c3ccccc3C43CCCCC3)cc21. The van der Waals surface area contributed by atoms with Gasteiger partial charge in [-0.15, -0.1) is 0 Å². The highest BCUT2D eigenvalue weighted by atomic mass is 15.1. The molecule has 0 amide bonds. The zero-order valence-electron chi connectivity index (χ0n) is 32.7. The summed E-state index contributed by atoms with van der Waals surface area (Å²) in [6.07, 6.45) is 13.4. The number of nitrogens with zero attached hydrogens (tertiary/aromatic N) is 1. The standard InChI is InChI=1S/C54H49N/c1-52(2)44-22-10-6-17-37(44)39-29-27-35(33-48(39)52)55(36-28-30-40-38-18-7-11-23-45(38)53(3,4)49(40)34-36)50-26-13-9-19-41(50)42-21-16-25-47-51(42)43-20-8-12-24-46(43)54(47)31-14-5-15-32-54/h6-10,12-13,16-22,24-30,33-34H,5,11,14-15,23,31-32H2,1-4H3. The average Bonchev–Trinajstić information content (AvgIpc) is 3.73. The molecule has 1 fully saturated rings. The lowest BCUT2D eigenvalue weighted by atomic mass is 9.68. The molecule has 6 aromatic carbocycles. The Morgan fingerprint density at radius 3 is 1.85 bits per heavy atom. The summed E-state index contributed by atoms with van der Waals surface area (Å²) in [6, 6.07) is 49.3. The number of fused-ring (bicyclic) bond motifs is 10. The summed E-state index contributed by atoms with van der Waals surface area (Å²) < 4.78 is 0. The van der Waals surface area contributed by atoms with Crippen molar-refractivity contribution in [2.24, 2.45) is 0 Å². The summed E-state index contributed by atoms with van der Waals surface area (Å²) in [4.78, 5) is 2.58. The van der Waals surface area contributed by atoms with Gasteiger partial charge in [-0.2, -0.15) is 0 Å². The van der Waals surface area contributed by atoms with Crippen molar-refractivity contribution in [3.8, 4) is 33.4 Å². The number of rotatable bonds is 4. The van der Waals surface area contributed by atoms with Crippen LogP contribution in [0.4, 0.5) is 17.1 Å². The van der Waals surface area contributed by atoms with E-state index in [0.29, 0.717) is 0 Å². The Labute approximate surface area is 327 Å². The van der Waals surface area contributed by atoms with Crippen LogP contribution in [-0.2, 0) is 16.2 Å². The van der Waals surface area contributed by atoms with Crippen LogP contribution in [0.1, 0.15) is 106 Å². The number of allylic oxidation sites excluding steroid dienone is 4. The van der Waals surface area contributed by atoms with Gasteiger partial charge in [0.2, 0.25) is 0 Å². The van der Waals surface area contributed by atoms with Crippen LogP contribution in [0.15, 0.2) is 145 Å². The first-order valence-electron chi connectivity index (χ1n) is 20.7. The van der Waals surface area contributed by atoms with E-state index in [1.54, 1.807) is 11.1 Å². The first-order chi connectivity index (χ1) is 26.8. The summed E-state index contributed by atoms with van der Waals surface area (Å²) >= 11 is 0. The normalized spacial score (nSPS) is 18.7. The highest BCUT2D eigenvalue weighted by molar-refractivity contribution is 5.99. The van der Waals surface area contributed by atoms with Gasteiger partial charge in [-0.3, -0.25) is 0 Å². The van der Waals surface area contributed by atoms with E-state index in [1.165, 1.54) is 116 Å². The Morgan fingerprint density at radius 1 is 0.473 bits per heavy atom. The molecule has 0 radical (unpaired) electrons. The van der Waals surface area contributed by atoms with Crippen molar-refractivity contribution in [2.45, 2.75) is 88.9 Å². The smallest absolute Gasteiger partial charge is 0.0540 e. The first-order valence-corrected chi connectivity index (χ1v) is 20.7. The van der Waals surface area contributed by atoms with Gasteiger partial charge >= 0.3 is 0 Å². The highest BCUT2D eigenvalue weighted by Crippen LogP contribution is 2.59. The minimum absolute atomic E-state index is 0.0174. The molecule has 1 heteroatoms. The van der Waals surface area contributed by atoms with E-state index in [0.717, 1.165) is 12.8 Å². The summed E-state index contributed by atoms with van der Waals surface area (Å²) in [5.41, 5.74) is 23.6. The zero-order valence-corrected chi connectivity index (χ0v) is 32.7. The maximum absolute atomic E-state index is 2.58. The topological polar surface area (TPSA) is 3.24 Å². The highest BCUT2D eigenvalue weighted by Gasteiger charge is 2.45. The van der Waals surface area contributed by atoms with Gasteiger partial charge in [-0.25, -0.2) is 0 Å². The molecule has 0 unspecified atom stereocenters. The summed E-state index contributed by atoms with van der Waals surface area (Å²) in [5, 5.41) is 0. The van der Waals surface area contributed by atoms with E-state index >= 15 is 0 Å². The number of anilines is 3. The summed E-state index contributed by atoms with van der Waals surface area (Å²) in [7, 11) is 0. The van der Waals surface area contributed by atoms with Crippen LogP contribution in [0.5, 0.6) is 0 Å². The largest absolute Gasteiger partial charge is 0.310 e. The van der Waals surface area contributed by atoms with Gasteiger partial charge in [0.05, 0.1) is 5.69 Å². The molecule has 0 N–H and O–H groups in total. The molecule has 6 aromatic rings. The van der Waals surface area contributed by atoms with Crippen LogP contribution in [-0.4, -0.2) is 0 Å². The van der Waals surface area contributed by atoms with E-state index in [1.807, 2.05) is 0 Å². The van der Waals surface area contributed by atoms with Crippen molar-refractivity contribution in [1.82, 2.24) is 0 Å². The van der Waals surface area contributed by atoms with E-state index < -0.39 is 0 Å². The van der Waals surface area contributed by atoms with Crippen molar-refractivity contribution in [2.75, 3.05) is 4.90 Å². The first kappa shape index (κ1) is 33.0. The van der Waals surface area contributed by atoms with Crippen molar-refractivity contribution in [3.63, 3.8) is 0 Å². The lowest BCUT2D eigenvalue weighted by molar-refractivity contribution is 0.353. The lowest BCUT2D eigenvalue weighted by Gasteiger charge is -2.36. The van der Waals surface area contributed by atoms with E-state index in [9.17, 15) is 0 Å². The molecule has 1 saturated carbocycles. The summed E-state index contributed by atoms with van der Waals surface area (Å²) in [5.74, 6) is 0. The third-order valence-electron chi connectivity index (χ3n) is 14.4. The molecule has 0 atom stereocenters. The maximum Gasteiger partial charge on any atom is 0.0540 e. The molecule has 5 aliphatic rings. The second-order valence-corrected chi connectivity index (χ2v) is 17.9. The van der Waals surface area contributed by atoms with E-state index in [-0.39, 0.29) is 16.2 Å². The predicted molar refractivity (Wildman–Crippen MR) is 232 cm³/mol. The fraction of sp³-hybridized carbons (Fsp3) is 0.259. The molecule has 1 nitrogen and oxygen atoms in total. The molecule has 55 heavy (non-hydrogen) atoms. The Kier molecular flexibility index (Phi) is 7.08. The molecular weight excluding hydrogens is 663 g/mol. The second kappa shape index (κ2) is 11.8. The van der Waals surface area contributed by atoms with Crippen LogP contribution >= 0.6 is 0 Å². The molecule has 1 spiro atoms. The zero-order chi connectivity index (χ0) is 37.1. The van der Waals surface area contributed by atoms with Crippen LogP contribution in [0.3, 0.4) is 0 Å². The van der Waals surface area contributed by atoms with Crippen LogP contribution in [0.2, 0.25) is 0 Å². The van der Waals surface area contributed by atoms with Gasteiger partial charge in [0, 0.05) is 33.2 Å². The van der Waals surface area contributed by atoms with Crippen LogP contribution in [0.25, 0.3) is 39.0 Å². The lowest BCUT2D eigenvalue weighted by Crippen LogP contribution is -2.27. The Balaban J connectivity index is 1.14. The van der Waals surface area contributed by atoms with Crippen molar-refractivity contribution in [1.29, 1.82) is 0 Å². The van der Waals surface area contributed by atoms with Crippen LogP contribution in [0, 0.1) is 0 Å². The molecule has 0 bridgehead atoms. The Bertz CT molecular complexity index is 2640. The summed E-state index contributed by atoms with van der Waals surface area (Å²) in [6.45, 7) is 9.67. The van der Waals surface area contributed by atoms with Gasteiger partial charge in [0.15, 0.2) is 0 Å². The van der Waals surface area contributed by atoms with Crippen molar-refractivity contribution >= 4 is 22.6 Å². The van der Waals surface area contributed by atoms with Gasteiger partial charge in [-0.1, -0.05) is 162 Å². The fourth-order valence-corrected chi connectivity index (χ4v) is 11.7. The monoisotopic (exact) mass is 711 g/mol. The van der Waals surface area contributed by atoms with Gasteiger partial charge in [0.1, 0.15) is 0 Å². The van der Waals surface area contributed by atoms with E-state index in [4.69, 9.17) is 0 Å². The molecule has 0 aliphatic heterocycles. The quantitative estimate of drug-likeness (QED) is 0.176. The van der Waals surface area contributed by atoms with Gasteiger partial charge < -0.3 is 4.90 Å². The third kappa shape index (κ3) is 4.53. The molecule has 0 saturated heterocycles. The van der Waals surface area contributed by atoms with Gasteiger partial charge in [0.25, 0.3) is 0 Å². The molecule has 270 valence electrons. The molecular formula is C54H49N. The maximum atomic E-state index is 2.58. The van der Waals surface area contributed by atoms with E-state index in [2.05, 4.69) is 172 Å². The second-order valence-electron chi connectivity index (χ2n) is 17.9. The third-order valence-corrected chi connectivity index (χ3v) is 14.4. The number of benzene rings is 6. The number of para-hydroxylation sites is 1. The number of hydrogen-bond acceptors (Lipinski definition) is 1.